The number of hydrogen-bond donors (Lipinski definition) is 0. The summed E-state index contributed by atoms with van der Waals surface area (Å²) in [6.07, 6.45) is 7.12. The number of unbranched alkanes of at least 4 members (excludes halogenated alkanes) is 1. The standard InChI is InChI=1S/C30H37NO5/c1-29(2,3)36-28(33)31-25(27(32)35-22-24-15-9-5-10-16-24)19-30(20-26(30)31)17-11-6-12-18-34-21-23-13-7-4-8-14-23/h4-5,7-11,13-17,25-26H,6,12,18-22H2,1-3H3/b17-11-. The van der Waals surface area contributed by atoms with Crippen LogP contribution in [0.5, 0.6) is 0 Å². The molecule has 1 aliphatic carbocycles. The Kier molecular flexibility index (Phi) is 8.14. The molecule has 0 aromatic heterocycles. The Morgan fingerprint density at radius 3 is 2.25 bits per heavy atom. The zero-order valence-electron chi connectivity index (χ0n) is 21.5. The molecule has 2 fully saturated rings. The van der Waals surface area contributed by atoms with Crippen LogP contribution in [-0.2, 0) is 32.2 Å². The smallest absolute Gasteiger partial charge is 0.411 e. The Labute approximate surface area is 214 Å². The van der Waals surface area contributed by atoms with E-state index in [0.717, 1.165) is 24.8 Å². The molecule has 0 N–H and O–H groups in total. The van der Waals surface area contributed by atoms with Gasteiger partial charge in [-0.2, -0.15) is 0 Å². The van der Waals surface area contributed by atoms with Crippen molar-refractivity contribution in [3.05, 3.63) is 83.9 Å². The van der Waals surface area contributed by atoms with Crippen LogP contribution in [0.2, 0.25) is 0 Å². The minimum Gasteiger partial charge on any atom is -0.459 e. The fourth-order valence-corrected chi connectivity index (χ4v) is 4.79. The first-order chi connectivity index (χ1) is 17.3. The highest BCUT2D eigenvalue weighted by molar-refractivity contribution is 5.84. The number of amides is 1. The number of ether oxygens (including phenoxy) is 3. The van der Waals surface area contributed by atoms with Crippen molar-refractivity contribution in [3.8, 4) is 0 Å². The third-order valence-electron chi connectivity index (χ3n) is 6.64. The van der Waals surface area contributed by atoms with Crippen LogP contribution in [0, 0.1) is 5.41 Å². The summed E-state index contributed by atoms with van der Waals surface area (Å²) in [5.74, 6) is -0.376. The summed E-state index contributed by atoms with van der Waals surface area (Å²) < 4.78 is 17.0. The van der Waals surface area contributed by atoms with Crippen LogP contribution in [0.25, 0.3) is 0 Å². The van der Waals surface area contributed by atoms with Crippen LogP contribution >= 0.6 is 0 Å². The molecule has 2 aromatic carbocycles. The molecule has 0 radical (unpaired) electrons. The first-order valence-electron chi connectivity index (χ1n) is 12.8. The van der Waals surface area contributed by atoms with Crippen LogP contribution in [0.3, 0.4) is 0 Å². The number of piperidine rings is 1. The van der Waals surface area contributed by atoms with E-state index in [4.69, 9.17) is 14.2 Å². The van der Waals surface area contributed by atoms with Crippen molar-refractivity contribution in [1.29, 1.82) is 0 Å². The second-order valence-electron chi connectivity index (χ2n) is 10.7. The van der Waals surface area contributed by atoms with Crippen molar-refractivity contribution >= 4 is 12.1 Å². The van der Waals surface area contributed by atoms with E-state index in [1.165, 1.54) is 5.56 Å². The van der Waals surface area contributed by atoms with E-state index >= 15 is 0 Å². The van der Waals surface area contributed by atoms with Crippen LogP contribution in [0.1, 0.15) is 57.6 Å². The van der Waals surface area contributed by atoms with Crippen molar-refractivity contribution in [2.24, 2.45) is 5.41 Å². The van der Waals surface area contributed by atoms with Crippen molar-refractivity contribution in [2.75, 3.05) is 6.61 Å². The molecule has 2 aromatic rings. The summed E-state index contributed by atoms with van der Waals surface area (Å²) in [7, 11) is 0. The highest BCUT2D eigenvalue weighted by Gasteiger charge is 2.67. The Morgan fingerprint density at radius 2 is 1.61 bits per heavy atom. The van der Waals surface area contributed by atoms with Gasteiger partial charge in [0.25, 0.3) is 0 Å². The lowest BCUT2D eigenvalue weighted by Crippen LogP contribution is -2.46. The topological polar surface area (TPSA) is 65.1 Å². The maximum absolute atomic E-state index is 13.1. The van der Waals surface area contributed by atoms with E-state index in [0.29, 0.717) is 19.6 Å². The molecule has 1 amide bonds. The number of rotatable bonds is 10. The number of carbonyl (C=O) groups is 2. The Bertz CT molecular complexity index is 1050. The quantitative estimate of drug-likeness (QED) is 0.230. The molecular formula is C30H37NO5. The molecule has 1 heterocycles. The number of esters is 1. The van der Waals surface area contributed by atoms with Crippen molar-refractivity contribution in [2.45, 2.75) is 77.4 Å². The molecule has 1 saturated heterocycles. The molecule has 0 spiro atoms. The van der Waals surface area contributed by atoms with Gasteiger partial charge in [0.05, 0.1) is 6.61 Å². The van der Waals surface area contributed by atoms with Crippen molar-refractivity contribution in [3.63, 3.8) is 0 Å². The van der Waals surface area contributed by atoms with E-state index in [1.807, 2.05) is 69.3 Å². The molecule has 1 saturated carbocycles. The molecule has 1 aliphatic heterocycles. The SMILES string of the molecule is CC(C)(C)OC(=O)N1C(C(=O)OCc2ccccc2)CC2(/C=C\CCCOCc3ccccc3)CC12. The van der Waals surface area contributed by atoms with Gasteiger partial charge in [0.1, 0.15) is 18.2 Å². The monoisotopic (exact) mass is 491 g/mol. The number of allylic oxidation sites excluding steroid dienone is 1. The molecule has 4 rings (SSSR count). The van der Waals surface area contributed by atoms with Gasteiger partial charge in [-0.15, -0.1) is 0 Å². The minimum atomic E-state index is -0.638. The van der Waals surface area contributed by atoms with E-state index in [2.05, 4.69) is 24.3 Å². The number of nitrogens with zero attached hydrogens (tertiary/aromatic N) is 1. The summed E-state index contributed by atoms with van der Waals surface area (Å²) in [5, 5.41) is 0. The van der Waals surface area contributed by atoms with Gasteiger partial charge in [-0.1, -0.05) is 72.8 Å². The fourth-order valence-electron chi connectivity index (χ4n) is 4.79. The van der Waals surface area contributed by atoms with E-state index in [-0.39, 0.29) is 24.0 Å². The summed E-state index contributed by atoms with van der Waals surface area (Å²) in [6, 6.07) is 19.0. The maximum Gasteiger partial charge on any atom is 0.411 e. The highest BCUT2D eigenvalue weighted by atomic mass is 16.6. The Morgan fingerprint density at radius 1 is 0.972 bits per heavy atom. The molecule has 192 valence electrons. The first-order valence-corrected chi connectivity index (χ1v) is 12.8. The second-order valence-corrected chi connectivity index (χ2v) is 10.7. The Hall–Kier alpha value is -3.12. The van der Waals surface area contributed by atoms with Gasteiger partial charge in [-0.25, -0.2) is 9.59 Å². The lowest BCUT2D eigenvalue weighted by Gasteiger charge is -2.29. The number of hydrogen-bond acceptors (Lipinski definition) is 5. The average Bonchev–Trinajstić information content (AvgIpc) is 3.45. The van der Waals surface area contributed by atoms with Gasteiger partial charge in [0.2, 0.25) is 0 Å². The van der Waals surface area contributed by atoms with Crippen LogP contribution < -0.4 is 0 Å². The first kappa shape index (κ1) is 26.0. The predicted octanol–water partition coefficient (Wildman–Crippen LogP) is 6.05. The fraction of sp³-hybridized carbons (Fsp3) is 0.467. The maximum atomic E-state index is 13.1. The molecular weight excluding hydrogens is 454 g/mol. The molecule has 36 heavy (non-hydrogen) atoms. The van der Waals surface area contributed by atoms with E-state index < -0.39 is 17.7 Å². The van der Waals surface area contributed by atoms with Gasteiger partial charge in [-0.3, -0.25) is 4.90 Å². The largest absolute Gasteiger partial charge is 0.459 e. The molecule has 6 nitrogen and oxygen atoms in total. The number of fused-ring (bicyclic) bond motifs is 1. The third kappa shape index (κ3) is 6.76. The predicted molar refractivity (Wildman–Crippen MR) is 138 cm³/mol. The zero-order valence-corrected chi connectivity index (χ0v) is 21.5. The summed E-state index contributed by atoms with van der Waals surface area (Å²) >= 11 is 0. The van der Waals surface area contributed by atoms with Gasteiger partial charge in [0, 0.05) is 18.1 Å². The van der Waals surface area contributed by atoms with E-state index in [1.54, 1.807) is 4.90 Å². The third-order valence-corrected chi connectivity index (χ3v) is 6.64. The average molecular weight is 492 g/mol. The molecule has 3 atom stereocenters. The van der Waals surface area contributed by atoms with Gasteiger partial charge in [0.15, 0.2) is 0 Å². The second kappa shape index (κ2) is 11.3. The number of carbonyl (C=O) groups excluding carboxylic acids is 2. The van der Waals surface area contributed by atoms with Gasteiger partial charge >= 0.3 is 12.1 Å². The Balaban J connectivity index is 1.31. The summed E-state index contributed by atoms with van der Waals surface area (Å²) in [4.78, 5) is 27.7. The van der Waals surface area contributed by atoms with Gasteiger partial charge in [-0.05, 0) is 57.6 Å². The highest BCUT2D eigenvalue weighted by Crippen LogP contribution is 2.61. The van der Waals surface area contributed by atoms with Crippen molar-refractivity contribution < 1.29 is 23.8 Å². The minimum absolute atomic E-state index is 0.0350. The summed E-state index contributed by atoms with van der Waals surface area (Å²) in [5.41, 5.74) is 1.27. The van der Waals surface area contributed by atoms with Crippen LogP contribution in [0.4, 0.5) is 4.79 Å². The van der Waals surface area contributed by atoms with Gasteiger partial charge < -0.3 is 14.2 Å². The normalized spacial score (nSPS) is 22.9. The van der Waals surface area contributed by atoms with Crippen LogP contribution in [-0.4, -0.2) is 41.3 Å². The molecule has 3 unspecified atom stereocenters. The number of benzene rings is 2. The molecule has 6 heteroatoms. The lowest BCUT2D eigenvalue weighted by atomic mass is 9.98. The number of likely N-dealkylation sites (tertiary alicyclic amines) is 1. The lowest BCUT2D eigenvalue weighted by molar-refractivity contribution is -0.150. The summed E-state index contributed by atoms with van der Waals surface area (Å²) in [6.45, 7) is 7.01. The molecule has 0 bridgehead atoms. The van der Waals surface area contributed by atoms with E-state index in [9.17, 15) is 9.59 Å². The van der Waals surface area contributed by atoms with Crippen molar-refractivity contribution in [1.82, 2.24) is 4.90 Å². The zero-order chi connectivity index (χ0) is 25.6. The molecule has 2 aliphatic rings. The van der Waals surface area contributed by atoms with Crippen LogP contribution in [0.15, 0.2) is 72.8 Å².